The molecule has 3 N–H and O–H groups in total. The van der Waals surface area contributed by atoms with E-state index in [0.29, 0.717) is 44.5 Å². The standard InChI is InChI=1S/C21H26F2N2O2.C11H19NO2.C2H6/c1-24-19(9-15-7-16(22)10-17(23)8-15)21(26)20-11-18(12-25-20)27-13-14-5-3-2-4-6-14;1-2-3-4-5-6-12-8-10(9-13)7-11(12)14;1-2/h2-8,10,18-21,24-26H,9,11-13H2,1H3;9-10H,2-8H2,1H3;1-2H3. The van der Waals surface area contributed by atoms with Gasteiger partial charge in [-0.1, -0.05) is 70.4 Å². The van der Waals surface area contributed by atoms with E-state index in [0.717, 1.165) is 30.9 Å². The Morgan fingerprint density at radius 3 is 2.40 bits per heavy atom. The highest BCUT2D eigenvalue weighted by atomic mass is 19.1. The average molecular weight is 604 g/mol. The molecule has 240 valence electrons. The number of aliphatic hydroxyl groups is 1. The van der Waals surface area contributed by atoms with Crippen LogP contribution in [0.15, 0.2) is 48.5 Å². The second-order valence-corrected chi connectivity index (χ2v) is 11.0. The summed E-state index contributed by atoms with van der Waals surface area (Å²) in [6.07, 6.45) is 6.38. The molecule has 4 rings (SSSR count). The van der Waals surface area contributed by atoms with Gasteiger partial charge in [0.2, 0.25) is 5.91 Å². The van der Waals surface area contributed by atoms with E-state index in [-0.39, 0.29) is 30.0 Å². The van der Waals surface area contributed by atoms with Gasteiger partial charge in [-0.05, 0) is 49.6 Å². The number of carbonyl (C=O) groups is 2. The lowest BCUT2D eigenvalue weighted by Gasteiger charge is -2.27. The molecule has 2 saturated heterocycles. The second-order valence-electron chi connectivity index (χ2n) is 11.0. The van der Waals surface area contributed by atoms with Gasteiger partial charge in [-0.3, -0.25) is 4.79 Å². The van der Waals surface area contributed by atoms with Gasteiger partial charge in [-0.15, -0.1) is 0 Å². The molecule has 0 spiro atoms. The maximum absolute atomic E-state index is 13.4. The molecule has 9 heteroatoms. The fourth-order valence-electron chi connectivity index (χ4n) is 5.40. The molecule has 0 aromatic heterocycles. The van der Waals surface area contributed by atoms with Gasteiger partial charge in [0.1, 0.15) is 17.9 Å². The molecule has 0 radical (unpaired) electrons. The highest BCUT2D eigenvalue weighted by Crippen LogP contribution is 2.20. The Bertz CT molecular complexity index is 1050. The van der Waals surface area contributed by atoms with E-state index in [1.54, 1.807) is 7.05 Å². The number of aldehydes is 1. The number of nitrogens with one attached hydrogen (secondary N) is 2. The molecule has 1 amide bonds. The maximum Gasteiger partial charge on any atom is 0.223 e. The summed E-state index contributed by atoms with van der Waals surface area (Å²) in [5, 5.41) is 17.1. The summed E-state index contributed by atoms with van der Waals surface area (Å²) in [6.45, 7) is 8.86. The van der Waals surface area contributed by atoms with Gasteiger partial charge in [0.15, 0.2) is 0 Å². The molecule has 5 unspecified atom stereocenters. The predicted molar refractivity (Wildman–Crippen MR) is 167 cm³/mol. The second kappa shape index (κ2) is 20.3. The molecule has 2 heterocycles. The fourth-order valence-corrected chi connectivity index (χ4v) is 5.40. The van der Waals surface area contributed by atoms with Crippen molar-refractivity contribution in [2.45, 2.75) is 96.6 Å². The van der Waals surface area contributed by atoms with Crippen LogP contribution in [0.3, 0.4) is 0 Å². The predicted octanol–water partition coefficient (Wildman–Crippen LogP) is 5.04. The van der Waals surface area contributed by atoms with Crippen LogP contribution in [0.5, 0.6) is 0 Å². The first-order valence-electron chi connectivity index (χ1n) is 15.7. The number of unbranched alkanes of at least 4 members (excludes halogenated alkanes) is 3. The summed E-state index contributed by atoms with van der Waals surface area (Å²) in [6, 6.07) is 12.9. The Morgan fingerprint density at radius 1 is 1.09 bits per heavy atom. The maximum atomic E-state index is 13.4. The van der Waals surface area contributed by atoms with E-state index >= 15 is 0 Å². The molecule has 2 fully saturated rings. The molecule has 2 aliphatic rings. The van der Waals surface area contributed by atoms with Crippen LogP contribution in [-0.4, -0.2) is 73.2 Å². The Morgan fingerprint density at radius 2 is 1.79 bits per heavy atom. The van der Waals surface area contributed by atoms with Crippen molar-refractivity contribution in [3.05, 3.63) is 71.3 Å². The van der Waals surface area contributed by atoms with Crippen LogP contribution in [0, 0.1) is 17.6 Å². The van der Waals surface area contributed by atoms with Gasteiger partial charge in [-0.25, -0.2) is 8.78 Å². The van der Waals surface area contributed by atoms with Crippen LogP contribution in [0.4, 0.5) is 8.78 Å². The number of nitrogens with zero attached hydrogens (tertiary/aromatic N) is 1. The summed E-state index contributed by atoms with van der Waals surface area (Å²) >= 11 is 0. The van der Waals surface area contributed by atoms with Crippen molar-refractivity contribution in [3.8, 4) is 0 Å². The number of rotatable bonds is 14. The van der Waals surface area contributed by atoms with E-state index in [4.69, 9.17) is 4.74 Å². The lowest BCUT2D eigenvalue weighted by molar-refractivity contribution is -0.128. The number of hydrogen-bond donors (Lipinski definition) is 3. The molecule has 0 bridgehead atoms. The van der Waals surface area contributed by atoms with Crippen LogP contribution in [0.25, 0.3) is 0 Å². The largest absolute Gasteiger partial charge is 0.390 e. The quantitative estimate of drug-likeness (QED) is 0.207. The third-order valence-corrected chi connectivity index (χ3v) is 7.74. The number of amides is 1. The number of likely N-dealkylation sites (N-methyl/N-ethyl adjacent to an activating group) is 1. The Balaban J connectivity index is 0.000000340. The van der Waals surface area contributed by atoms with E-state index < -0.39 is 17.7 Å². The van der Waals surface area contributed by atoms with Crippen molar-refractivity contribution in [1.29, 1.82) is 0 Å². The van der Waals surface area contributed by atoms with Crippen molar-refractivity contribution in [2.24, 2.45) is 5.92 Å². The number of hydrogen-bond acceptors (Lipinski definition) is 6. The van der Waals surface area contributed by atoms with E-state index in [1.807, 2.05) is 49.1 Å². The summed E-state index contributed by atoms with van der Waals surface area (Å²) < 4.78 is 32.8. The third-order valence-electron chi connectivity index (χ3n) is 7.74. The van der Waals surface area contributed by atoms with Crippen molar-refractivity contribution in [2.75, 3.05) is 26.7 Å². The molecule has 2 aliphatic heterocycles. The zero-order valence-electron chi connectivity index (χ0n) is 26.2. The van der Waals surface area contributed by atoms with Crippen molar-refractivity contribution in [1.82, 2.24) is 15.5 Å². The molecule has 2 aromatic rings. The van der Waals surface area contributed by atoms with Gasteiger partial charge in [0, 0.05) is 50.1 Å². The Kier molecular flexibility index (Phi) is 17.2. The van der Waals surface area contributed by atoms with Gasteiger partial charge in [-0.2, -0.15) is 0 Å². The summed E-state index contributed by atoms with van der Waals surface area (Å²) in [5.74, 6) is -1.11. The highest BCUT2D eigenvalue weighted by molar-refractivity contribution is 5.82. The Labute approximate surface area is 256 Å². The SMILES string of the molecule is CC.CCCCCCN1CC(C=O)CC1=O.CNC(Cc1cc(F)cc(F)c1)C(O)C1CC(OCc2ccccc2)CN1. The van der Waals surface area contributed by atoms with Crippen LogP contribution in [0.2, 0.25) is 0 Å². The van der Waals surface area contributed by atoms with E-state index in [2.05, 4.69) is 17.6 Å². The minimum absolute atomic E-state index is 0.0222. The molecule has 0 saturated carbocycles. The highest BCUT2D eigenvalue weighted by Gasteiger charge is 2.34. The van der Waals surface area contributed by atoms with Crippen molar-refractivity contribution < 1.29 is 28.2 Å². The molecule has 0 aliphatic carbocycles. The summed E-state index contributed by atoms with van der Waals surface area (Å²) in [5.41, 5.74) is 1.63. The van der Waals surface area contributed by atoms with Crippen molar-refractivity contribution in [3.63, 3.8) is 0 Å². The van der Waals surface area contributed by atoms with E-state index in [1.165, 1.54) is 31.4 Å². The number of carbonyl (C=O) groups excluding carboxylic acids is 2. The minimum atomic E-state index is -0.702. The number of halogens is 2. The lowest BCUT2D eigenvalue weighted by atomic mass is 9.95. The van der Waals surface area contributed by atoms with Gasteiger partial charge in [0.05, 0.1) is 18.8 Å². The van der Waals surface area contributed by atoms with Crippen molar-refractivity contribution >= 4 is 12.2 Å². The average Bonchev–Trinajstić information content (AvgIpc) is 3.64. The molecular weight excluding hydrogens is 552 g/mol. The van der Waals surface area contributed by atoms with Crippen LogP contribution in [0.1, 0.15) is 70.4 Å². The number of benzene rings is 2. The molecule has 2 aromatic carbocycles. The van der Waals surface area contributed by atoms with Gasteiger partial charge < -0.3 is 30.2 Å². The monoisotopic (exact) mass is 603 g/mol. The normalized spacial score (nSPS) is 21.0. The first kappa shape index (κ1) is 36.5. The van der Waals surface area contributed by atoms with Crippen LogP contribution >= 0.6 is 0 Å². The van der Waals surface area contributed by atoms with Crippen LogP contribution in [-0.2, 0) is 27.4 Å². The zero-order valence-corrected chi connectivity index (χ0v) is 26.2. The van der Waals surface area contributed by atoms with Gasteiger partial charge >= 0.3 is 0 Å². The topological polar surface area (TPSA) is 90.9 Å². The third kappa shape index (κ3) is 12.8. The molecule has 43 heavy (non-hydrogen) atoms. The number of aliphatic hydroxyl groups excluding tert-OH is 1. The lowest BCUT2D eigenvalue weighted by Crippen LogP contribution is -2.49. The smallest absolute Gasteiger partial charge is 0.223 e. The first-order valence-corrected chi connectivity index (χ1v) is 15.7. The number of ether oxygens (including phenoxy) is 1. The molecular formula is C34H51F2N3O4. The zero-order chi connectivity index (χ0) is 31.6. The Hall–Kier alpha value is -2.72. The van der Waals surface area contributed by atoms with E-state index in [9.17, 15) is 23.5 Å². The fraction of sp³-hybridized carbons (Fsp3) is 0.588. The minimum Gasteiger partial charge on any atom is -0.390 e. The summed E-state index contributed by atoms with van der Waals surface area (Å²) in [4.78, 5) is 23.7. The van der Waals surface area contributed by atoms with Crippen LogP contribution < -0.4 is 10.6 Å². The first-order chi connectivity index (χ1) is 20.8. The summed E-state index contributed by atoms with van der Waals surface area (Å²) in [7, 11) is 1.74. The molecule has 5 atom stereocenters. The van der Waals surface area contributed by atoms with Gasteiger partial charge in [0.25, 0.3) is 0 Å². The number of likely N-dealkylation sites (tertiary alicyclic amines) is 1. The molecule has 7 nitrogen and oxygen atoms in total.